The molecule has 2 fully saturated rings. The van der Waals surface area contributed by atoms with Crippen LogP contribution in [0.25, 0.3) is 0 Å². The first-order valence-electron chi connectivity index (χ1n) is 12.3. The Morgan fingerprint density at radius 3 is 2.53 bits per heavy atom. The van der Waals surface area contributed by atoms with Gasteiger partial charge in [0, 0.05) is 70.9 Å². The normalized spacial score (nSPS) is 18.7. The van der Waals surface area contributed by atoms with Crippen LogP contribution in [0.5, 0.6) is 0 Å². The predicted octanol–water partition coefficient (Wildman–Crippen LogP) is 2.41. The van der Waals surface area contributed by atoms with Gasteiger partial charge in [0.05, 0.1) is 17.6 Å². The minimum Gasteiger partial charge on any atom is -0.376 e. The lowest BCUT2D eigenvalue weighted by Gasteiger charge is -2.35. The molecule has 0 aliphatic carbocycles. The second-order valence-electron chi connectivity index (χ2n) is 9.37. The molecule has 0 spiro atoms. The maximum atomic E-state index is 12.8. The summed E-state index contributed by atoms with van der Waals surface area (Å²) >= 11 is 0. The van der Waals surface area contributed by atoms with Gasteiger partial charge in [-0.3, -0.25) is 24.6 Å². The van der Waals surface area contributed by atoms with Gasteiger partial charge in [-0.15, -0.1) is 0 Å². The number of carbonyl (C=O) groups excluding carboxylic acids is 2. The van der Waals surface area contributed by atoms with Crippen molar-refractivity contribution in [1.29, 1.82) is 0 Å². The number of morpholine rings is 1. The van der Waals surface area contributed by atoms with E-state index in [1.54, 1.807) is 17.0 Å². The Kier molecular flexibility index (Phi) is 8.17. The zero-order valence-electron chi connectivity index (χ0n) is 20.8. The number of nitro benzene ring substituents is 1. The second-order valence-corrected chi connectivity index (χ2v) is 9.37. The molecule has 2 aliphatic heterocycles. The van der Waals surface area contributed by atoms with Gasteiger partial charge < -0.3 is 19.9 Å². The number of nitro groups is 1. The van der Waals surface area contributed by atoms with Crippen LogP contribution in [0.3, 0.4) is 0 Å². The fraction of sp³-hybridized carbons (Fsp3) is 0.462. The van der Waals surface area contributed by atoms with E-state index < -0.39 is 4.92 Å². The number of nitrogens with zero attached hydrogens (tertiary/aromatic N) is 4. The fourth-order valence-corrected chi connectivity index (χ4v) is 4.76. The van der Waals surface area contributed by atoms with Gasteiger partial charge in [-0.25, -0.2) is 0 Å². The van der Waals surface area contributed by atoms with Gasteiger partial charge in [-0.1, -0.05) is 24.3 Å². The Labute approximate surface area is 211 Å². The molecule has 10 nitrogen and oxygen atoms in total. The van der Waals surface area contributed by atoms with E-state index in [1.165, 1.54) is 18.6 Å². The molecule has 2 aromatic rings. The maximum absolute atomic E-state index is 12.8. The molecule has 2 aliphatic rings. The number of carbonyl (C=O) groups is 2. The first kappa shape index (κ1) is 25.6. The van der Waals surface area contributed by atoms with Gasteiger partial charge in [0.15, 0.2) is 0 Å². The van der Waals surface area contributed by atoms with Crippen LogP contribution in [0, 0.1) is 10.1 Å². The van der Waals surface area contributed by atoms with E-state index in [0.717, 1.165) is 31.8 Å². The fourth-order valence-electron chi connectivity index (χ4n) is 4.76. The number of hydrogen-bond donors (Lipinski definition) is 1. The monoisotopic (exact) mass is 495 g/mol. The summed E-state index contributed by atoms with van der Waals surface area (Å²) in [5.74, 6) is -0.365. The van der Waals surface area contributed by atoms with Gasteiger partial charge in [-0.05, 0) is 30.2 Å². The number of anilines is 1. The number of nitrogens with one attached hydrogen (secondary N) is 1. The number of benzene rings is 2. The molecule has 2 saturated heterocycles. The highest BCUT2D eigenvalue weighted by atomic mass is 16.6. The van der Waals surface area contributed by atoms with Crippen LogP contribution in [0.4, 0.5) is 11.4 Å². The summed E-state index contributed by atoms with van der Waals surface area (Å²) in [5, 5.41) is 14.7. The SMILES string of the molecule is CC(=O)N1CCN(c2ccc(C(=O)NCc3cccc(CN4CCOC(C)C4)c3)cc2[N+](=O)[O-])CC1. The summed E-state index contributed by atoms with van der Waals surface area (Å²) in [5.41, 5.74) is 2.73. The molecule has 0 radical (unpaired) electrons. The molecule has 0 aromatic heterocycles. The van der Waals surface area contributed by atoms with Gasteiger partial charge in [-0.2, -0.15) is 0 Å². The number of piperazine rings is 1. The topological polar surface area (TPSA) is 108 Å². The minimum atomic E-state index is -0.459. The van der Waals surface area contributed by atoms with Crippen molar-refractivity contribution in [3.05, 3.63) is 69.3 Å². The van der Waals surface area contributed by atoms with Crippen LogP contribution in [-0.2, 0) is 22.6 Å². The largest absolute Gasteiger partial charge is 0.376 e. The Morgan fingerprint density at radius 1 is 1.08 bits per heavy atom. The highest BCUT2D eigenvalue weighted by molar-refractivity contribution is 5.95. The van der Waals surface area contributed by atoms with Gasteiger partial charge in [0.25, 0.3) is 11.6 Å². The van der Waals surface area contributed by atoms with E-state index in [2.05, 4.69) is 29.3 Å². The number of hydrogen-bond acceptors (Lipinski definition) is 7. The Bertz CT molecular complexity index is 1120. The van der Waals surface area contributed by atoms with Crippen LogP contribution in [-0.4, -0.2) is 78.5 Å². The lowest BCUT2D eigenvalue weighted by Crippen LogP contribution is -2.48. The number of ether oxygens (including phenoxy) is 1. The quantitative estimate of drug-likeness (QED) is 0.464. The average Bonchev–Trinajstić information content (AvgIpc) is 2.87. The van der Waals surface area contributed by atoms with Crippen LogP contribution in [0.15, 0.2) is 42.5 Å². The summed E-state index contributed by atoms with van der Waals surface area (Å²) in [6, 6.07) is 12.7. The molecule has 2 aromatic carbocycles. The number of rotatable bonds is 7. The van der Waals surface area contributed by atoms with Crippen LogP contribution in [0.2, 0.25) is 0 Å². The summed E-state index contributed by atoms with van der Waals surface area (Å²) in [7, 11) is 0. The van der Waals surface area contributed by atoms with Crippen molar-refractivity contribution < 1.29 is 19.2 Å². The zero-order chi connectivity index (χ0) is 25.7. The Morgan fingerprint density at radius 2 is 1.83 bits per heavy atom. The lowest BCUT2D eigenvalue weighted by molar-refractivity contribution is -0.384. The van der Waals surface area contributed by atoms with E-state index in [4.69, 9.17) is 4.74 Å². The van der Waals surface area contributed by atoms with Crippen molar-refractivity contribution >= 4 is 23.2 Å². The highest BCUT2D eigenvalue weighted by Crippen LogP contribution is 2.30. The minimum absolute atomic E-state index is 0.00241. The third kappa shape index (κ3) is 6.38. The van der Waals surface area contributed by atoms with E-state index in [1.807, 2.05) is 17.0 Å². The van der Waals surface area contributed by atoms with E-state index in [9.17, 15) is 19.7 Å². The summed E-state index contributed by atoms with van der Waals surface area (Å²) < 4.78 is 5.61. The molecular weight excluding hydrogens is 462 g/mol. The molecule has 1 atom stereocenters. The molecular formula is C26H33N5O5. The molecule has 0 bridgehead atoms. The Hall–Kier alpha value is -3.50. The maximum Gasteiger partial charge on any atom is 0.293 e. The summed E-state index contributed by atoms with van der Waals surface area (Å²) in [6.45, 7) is 9.30. The van der Waals surface area contributed by atoms with Gasteiger partial charge >= 0.3 is 0 Å². The average molecular weight is 496 g/mol. The van der Waals surface area contributed by atoms with Crippen LogP contribution < -0.4 is 10.2 Å². The van der Waals surface area contributed by atoms with Gasteiger partial charge in [0.1, 0.15) is 5.69 Å². The lowest BCUT2D eigenvalue weighted by atomic mass is 10.1. The molecule has 2 heterocycles. The van der Waals surface area contributed by atoms with Crippen molar-refractivity contribution in [3.63, 3.8) is 0 Å². The molecule has 1 N–H and O–H groups in total. The van der Waals surface area contributed by atoms with Crippen LogP contribution >= 0.6 is 0 Å². The van der Waals surface area contributed by atoms with Gasteiger partial charge in [0.2, 0.25) is 5.91 Å². The smallest absolute Gasteiger partial charge is 0.293 e. The number of amides is 2. The van der Waals surface area contributed by atoms with Crippen LogP contribution in [0.1, 0.15) is 35.3 Å². The highest BCUT2D eigenvalue weighted by Gasteiger charge is 2.26. The second kappa shape index (κ2) is 11.5. The third-order valence-corrected chi connectivity index (χ3v) is 6.68. The zero-order valence-corrected chi connectivity index (χ0v) is 20.8. The molecule has 2 amide bonds. The molecule has 1 unspecified atom stereocenters. The molecule has 36 heavy (non-hydrogen) atoms. The van der Waals surface area contributed by atoms with Crippen molar-refractivity contribution in [2.45, 2.75) is 33.0 Å². The summed E-state index contributed by atoms with van der Waals surface area (Å²) in [4.78, 5) is 41.7. The van der Waals surface area contributed by atoms with Crippen molar-refractivity contribution in [2.75, 3.05) is 50.8 Å². The summed E-state index contributed by atoms with van der Waals surface area (Å²) in [6.07, 6.45) is 0.224. The van der Waals surface area contributed by atoms with E-state index in [0.29, 0.717) is 38.4 Å². The standard InChI is InChI=1S/C26H33N5O5/c1-19-17-28(12-13-36-19)18-22-5-3-4-21(14-22)16-27-26(33)23-6-7-24(25(15-23)31(34)35)30-10-8-29(9-11-30)20(2)32/h3-7,14-15,19H,8-13,16-18H2,1-2H3,(H,27,33). The molecule has 0 saturated carbocycles. The molecule has 4 rings (SSSR count). The predicted molar refractivity (Wildman–Crippen MR) is 136 cm³/mol. The first-order valence-corrected chi connectivity index (χ1v) is 12.3. The Balaban J connectivity index is 1.38. The first-order chi connectivity index (χ1) is 17.3. The third-order valence-electron chi connectivity index (χ3n) is 6.68. The van der Waals surface area contributed by atoms with Crippen molar-refractivity contribution in [2.24, 2.45) is 0 Å². The van der Waals surface area contributed by atoms with Crippen molar-refractivity contribution in [1.82, 2.24) is 15.1 Å². The van der Waals surface area contributed by atoms with E-state index >= 15 is 0 Å². The van der Waals surface area contributed by atoms with Crippen molar-refractivity contribution in [3.8, 4) is 0 Å². The van der Waals surface area contributed by atoms with E-state index in [-0.39, 0.29) is 29.2 Å². The molecule has 192 valence electrons. The molecule has 10 heteroatoms.